The molecule has 0 aliphatic heterocycles. The molecule has 3 N–H and O–H groups in total. The molecule has 3 rings (SSSR count). The molecule has 0 amide bonds. The van der Waals surface area contributed by atoms with Gasteiger partial charge in [0.15, 0.2) is 0 Å². The fraction of sp³-hybridized carbons (Fsp3) is 0.143. The number of benzene rings is 1. The molecule has 0 spiro atoms. The number of nitrogens with one attached hydrogen (secondary N) is 1. The lowest BCUT2D eigenvalue weighted by Crippen LogP contribution is -2.10. The highest BCUT2D eigenvalue weighted by Gasteiger charge is 2.11. The fourth-order valence-corrected chi connectivity index (χ4v) is 3.87. The number of fused-ring (bicyclic) bond motifs is 1. The Balaban J connectivity index is 2.07. The lowest BCUT2D eigenvalue weighted by atomic mass is 10.2. The minimum atomic E-state index is 0.447. The Morgan fingerprint density at radius 3 is 2.80 bits per heavy atom. The number of hydrazine groups is 1. The molecule has 2 aromatic heterocycles. The Labute approximate surface area is 125 Å². The first-order valence-electron chi connectivity index (χ1n) is 6.14. The average Bonchev–Trinajstić information content (AvgIpc) is 2.90. The molecular weight excluding hydrogens is 288 g/mol. The highest BCUT2D eigenvalue weighted by Crippen LogP contribution is 2.36. The highest BCUT2D eigenvalue weighted by atomic mass is 32.2. The molecule has 0 aliphatic carbocycles. The number of nitrogen functional groups attached to an aromatic ring is 1. The van der Waals surface area contributed by atoms with Crippen molar-refractivity contribution in [2.45, 2.75) is 23.8 Å². The Morgan fingerprint density at radius 1 is 1.20 bits per heavy atom. The molecule has 0 bridgehead atoms. The zero-order valence-corrected chi connectivity index (χ0v) is 12.8. The smallest absolute Gasteiger partial charge is 0.238 e. The van der Waals surface area contributed by atoms with Crippen LogP contribution in [-0.2, 0) is 0 Å². The first-order valence-corrected chi connectivity index (χ1v) is 7.84. The van der Waals surface area contributed by atoms with E-state index < -0.39 is 0 Å². The van der Waals surface area contributed by atoms with Crippen molar-refractivity contribution >= 4 is 39.3 Å². The van der Waals surface area contributed by atoms with Gasteiger partial charge in [-0.15, -0.1) is 11.3 Å². The van der Waals surface area contributed by atoms with Crippen molar-refractivity contribution in [2.24, 2.45) is 5.84 Å². The average molecular weight is 302 g/mol. The van der Waals surface area contributed by atoms with E-state index in [4.69, 9.17) is 5.84 Å². The van der Waals surface area contributed by atoms with Gasteiger partial charge in [0.05, 0.1) is 10.2 Å². The first kappa shape index (κ1) is 13.4. The number of thiophene rings is 1. The van der Waals surface area contributed by atoms with Crippen LogP contribution in [0.15, 0.2) is 39.6 Å². The van der Waals surface area contributed by atoms with E-state index in [1.807, 2.05) is 11.4 Å². The van der Waals surface area contributed by atoms with Gasteiger partial charge in [-0.25, -0.2) is 15.8 Å². The van der Waals surface area contributed by atoms with Crippen LogP contribution in [0.5, 0.6) is 0 Å². The topological polar surface area (TPSA) is 63.8 Å². The molecule has 0 aliphatic rings. The molecule has 102 valence electrons. The number of rotatable bonds is 3. The second-order valence-electron chi connectivity index (χ2n) is 4.50. The van der Waals surface area contributed by atoms with Crippen molar-refractivity contribution in [3.63, 3.8) is 0 Å². The number of anilines is 1. The Morgan fingerprint density at radius 2 is 2.05 bits per heavy atom. The summed E-state index contributed by atoms with van der Waals surface area (Å²) in [5, 5.41) is 2.95. The van der Waals surface area contributed by atoms with Crippen molar-refractivity contribution in [2.75, 3.05) is 5.43 Å². The Hall–Kier alpha value is -1.63. The van der Waals surface area contributed by atoms with Crippen LogP contribution >= 0.6 is 23.1 Å². The van der Waals surface area contributed by atoms with Gasteiger partial charge in [-0.3, -0.25) is 5.43 Å². The molecule has 4 nitrogen and oxygen atoms in total. The van der Waals surface area contributed by atoms with E-state index in [-0.39, 0.29) is 0 Å². The van der Waals surface area contributed by atoms with Gasteiger partial charge in [0.1, 0.15) is 5.03 Å². The summed E-state index contributed by atoms with van der Waals surface area (Å²) in [6.07, 6.45) is 0. The van der Waals surface area contributed by atoms with Crippen LogP contribution in [0.1, 0.15) is 11.1 Å². The monoisotopic (exact) mass is 302 g/mol. The quantitative estimate of drug-likeness (QED) is 0.438. The third-order valence-electron chi connectivity index (χ3n) is 2.94. The van der Waals surface area contributed by atoms with Crippen molar-refractivity contribution in [3.05, 3.63) is 40.8 Å². The number of aryl methyl sites for hydroxylation is 2. The van der Waals surface area contributed by atoms with Gasteiger partial charge >= 0.3 is 0 Å². The Bertz CT molecular complexity index is 767. The first-order chi connectivity index (χ1) is 9.67. The van der Waals surface area contributed by atoms with E-state index in [0.717, 1.165) is 15.2 Å². The molecule has 0 atom stereocenters. The predicted octanol–water partition coefficient (Wildman–Crippen LogP) is 3.74. The normalized spacial score (nSPS) is 10.9. The second kappa shape index (κ2) is 5.40. The van der Waals surface area contributed by atoms with Crippen LogP contribution in [0.3, 0.4) is 0 Å². The molecule has 0 radical (unpaired) electrons. The summed E-state index contributed by atoms with van der Waals surface area (Å²) in [6.45, 7) is 4.21. The number of nitrogens with two attached hydrogens (primary N) is 1. The highest BCUT2D eigenvalue weighted by molar-refractivity contribution is 7.99. The van der Waals surface area contributed by atoms with Crippen LogP contribution in [0, 0.1) is 13.8 Å². The maximum atomic E-state index is 5.44. The molecule has 0 fully saturated rings. The third-order valence-corrected chi connectivity index (χ3v) is 5.14. The van der Waals surface area contributed by atoms with Crippen LogP contribution in [-0.4, -0.2) is 9.97 Å². The van der Waals surface area contributed by atoms with E-state index in [2.05, 4.69) is 47.4 Å². The van der Waals surface area contributed by atoms with Gasteiger partial charge in [-0.05, 0) is 36.9 Å². The van der Waals surface area contributed by atoms with Crippen LogP contribution < -0.4 is 11.3 Å². The van der Waals surface area contributed by atoms with Gasteiger partial charge in [0.2, 0.25) is 5.95 Å². The standard InChI is InChI=1S/C14H14N4S2/c1-8-3-4-11(9(2)7-8)20-13-12-10(5-6-19-12)16-14(17-13)18-15/h3-7H,15H2,1-2H3,(H,16,17,18). The Kier molecular flexibility index (Phi) is 3.60. The van der Waals surface area contributed by atoms with Crippen LogP contribution in [0.2, 0.25) is 0 Å². The van der Waals surface area contributed by atoms with Gasteiger partial charge in [-0.1, -0.05) is 29.5 Å². The van der Waals surface area contributed by atoms with Gasteiger partial charge in [0, 0.05) is 4.90 Å². The van der Waals surface area contributed by atoms with Gasteiger partial charge in [0.25, 0.3) is 0 Å². The zero-order chi connectivity index (χ0) is 14.1. The van der Waals surface area contributed by atoms with Crippen LogP contribution in [0.25, 0.3) is 10.2 Å². The fourth-order valence-electron chi connectivity index (χ4n) is 1.99. The molecule has 6 heteroatoms. The van der Waals surface area contributed by atoms with Crippen molar-refractivity contribution in [3.8, 4) is 0 Å². The summed E-state index contributed by atoms with van der Waals surface area (Å²) in [5.41, 5.74) is 5.96. The third kappa shape index (κ3) is 2.49. The second-order valence-corrected chi connectivity index (χ2v) is 6.45. The maximum absolute atomic E-state index is 5.44. The molecule has 1 aromatic carbocycles. The molecule has 0 saturated carbocycles. The van der Waals surface area contributed by atoms with Gasteiger partial charge in [-0.2, -0.15) is 0 Å². The number of hydrogen-bond acceptors (Lipinski definition) is 6. The SMILES string of the molecule is Cc1ccc(Sc2nc(NN)nc3ccsc23)c(C)c1. The summed E-state index contributed by atoms with van der Waals surface area (Å²) in [4.78, 5) is 10.0. The molecule has 0 unspecified atom stereocenters. The van der Waals surface area contributed by atoms with E-state index in [1.165, 1.54) is 16.0 Å². The molecule has 3 aromatic rings. The molecule has 2 heterocycles. The van der Waals surface area contributed by atoms with Crippen molar-refractivity contribution < 1.29 is 0 Å². The van der Waals surface area contributed by atoms with E-state index >= 15 is 0 Å². The lowest BCUT2D eigenvalue weighted by molar-refractivity contribution is 1.08. The molecule has 20 heavy (non-hydrogen) atoms. The van der Waals surface area contributed by atoms with E-state index in [1.54, 1.807) is 23.1 Å². The van der Waals surface area contributed by atoms with Crippen molar-refractivity contribution in [1.29, 1.82) is 0 Å². The largest absolute Gasteiger partial charge is 0.292 e. The number of nitrogens with zero attached hydrogens (tertiary/aromatic N) is 2. The maximum Gasteiger partial charge on any atom is 0.238 e. The van der Waals surface area contributed by atoms with Crippen molar-refractivity contribution in [1.82, 2.24) is 9.97 Å². The minimum Gasteiger partial charge on any atom is -0.292 e. The van der Waals surface area contributed by atoms with Crippen LogP contribution in [0.4, 0.5) is 5.95 Å². The summed E-state index contributed by atoms with van der Waals surface area (Å²) in [6, 6.07) is 8.41. The minimum absolute atomic E-state index is 0.447. The summed E-state index contributed by atoms with van der Waals surface area (Å²) >= 11 is 3.30. The summed E-state index contributed by atoms with van der Waals surface area (Å²) < 4.78 is 1.09. The molecule has 0 saturated heterocycles. The predicted molar refractivity (Wildman–Crippen MR) is 85.3 cm³/mol. The number of hydrogen-bond donors (Lipinski definition) is 2. The summed E-state index contributed by atoms with van der Waals surface area (Å²) in [7, 11) is 0. The van der Waals surface area contributed by atoms with Gasteiger partial charge < -0.3 is 0 Å². The summed E-state index contributed by atoms with van der Waals surface area (Å²) in [5.74, 6) is 5.89. The molecular formula is C14H14N4S2. The van der Waals surface area contributed by atoms with E-state index in [0.29, 0.717) is 5.95 Å². The van der Waals surface area contributed by atoms with E-state index in [9.17, 15) is 0 Å². The lowest BCUT2D eigenvalue weighted by Gasteiger charge is -2.08. The zero-order valence-electron chi connectivity index (χ0n) is 11.2. The number of aromatic nitrogens is 2.